The molecule has 6 heteroatoms. The molecule has 2 rings (SSSR count). The van der Waals surface area contributed by atoms with Crippen LogP contribution in [-0.2, 0) is 16.1 Å². The highest BCUT2D eigenvalue weighted by atomic mass is 35.5. The van der Waals surface area contributed by atoms with Gasteiger partial charge in [0.1, 0.15) is 12.4 Å². The van der Waals surface area contributed by atoms with Crippen LogP contribution in [0.5, 0.6) is 0 Å². The molecule has 0 bridgehead atoms. The summed E-state index contributed by atoms with van der Waals surface area (Å²) in [6.07, 6.45) is 0. The van der Waals surface area contributed by atoms with Crippen molar-refractivity contribution in [3.8, 4) is 0 Å². The molecule has 92 valence electrons. The smallest absolute Gasteiger partial charge is 0.246 e. The zero-order valence-corrected chi connectivity index (χ0v) is 9.63. The Balaban J connectivity index is 2.39. The van der Waals surface area contributed by atoms with E-state index in [0.717, 1.165) is 6.07 Å². The van der Waals surface area contributed by atoms with Gasteiger partial charge >= 0.3 is 0 Å². The Morgan fingerprint density at radius 3 is 3.00 bits per heavy atom. The molecule has 0 radical (unpaired) electrons. The lowest BCUT2D eigenvalue weighted by atomic mass is 10.00. The molecule has 0 aliphatic carbocycles. The van der Waals surface area contributed by atoms with Crippen molar-refractivity contribution < 1.29 is 19.0 Å². The lowest BCUT2D eigenvalue weighted by Crippen LogP contribution is -2.40. The third-order valence-electron chi connectivity index (χ3n) is 2.58. The van der Waals surface area contributed by atoms with E-state index in [1.54, 1.807) is 0 Å². The number of benzene rings is 1. The Bertz CT molecular complexity index is 453. The van der Waals surface area contributed by atoms with Gasteiger partial charge in [0.25, 0.3) is 0 Å². The first kappa shape index (κ1) is 12.3. The van der Waals surface area contributed by atoms with Crippen LogP contribution in [0.25, 0.3) is 0 Å². The number of amides is 1. The van der Waals surface area contributed by atoms with Crippen molar-refractivity contribution in [3.05, 3.63) is 34.1 Å². The molecular formula is C11H11ClFNO3. The Labute approximate surface area is 102 Å². The van der Waals surface area contributed by atoms with Gasteiger partial charge in [0.15, 0.2) is 0 Å². The predicted octanol–water partition coefficient (Wildman–Crippen LogP) is 1.16. The van der Waals surface area contributed by atoms with Gasteiger partial charge in [-0.05, 0) is 17.7 Å². The summed E-state index contributed by atoms with van der Waals surface area (Å²) in [6.45, 7) is -0.0899. The van der Waals surface area contributed by atoms with Gasteiger partial charge in [-0.2, -0.15) is 0 Å². The first-order valence-electron chi connectivity index (χ1n) is 5.07. The van der Waals surface area contributed by atoms with Gasteiger partial charge in [0.2, 0.25) is 5.91 Å². The Kier molecular flexibility index (Phi) is 3.61. The van der Waals surface area contributed by atoms with E-state index in [-0.39, 0.29) is 30.8 Å². The minimum absolute atomic E-state index is 0.00595. The third-order valence-corrected chi connectivity index (χ3v) is 2.92. The highest BCUT2D eigenvalue weighted by molar-refractivity contribution is 6.31. The van der Waals surface area contributed by atoms with Gasteiger partial charge in [-0.3, -0.25) is 4.79 Å². The number of aliphatic hydroxyl groups excluding tert-OH is 1. The molecule has 1 atom stereocenters. The van der Waals surface area contributed by atoms with Crippen LogP contribution in [0.4, 0.5) is 4.39 Å². The van der Waals surface area contributed by atoms with Crippen LogP contribution < -0.4 is 5.32 Å². The zero-order valence-electron chi connectivity index (χ0n) is 8.87. The molecule has 0 spiro atoms. The summed E-state index contributed by atoms with van der Waals surface area (Å²) in [6, 6.07) is 1.89. The predicted molar refractivity (Wildman–Crippen MR) is 59.0 cm³/mol. The van der Waals surface area contributed by atoms with E-state index in [9.17, 15) is 14.3 Å². The normalized spacial score (nSPS) is 20.2. The van der Waals surface area contributed by atoms with Gasteiger partial charge in [-0.25, -0.2) is 4.39 Å². The molecule has 2 N–H and O–H groups in total. The van der Waals surface area contributed by atoms with Crippen LogP contribution in [0, 0.1) is 5.82 Å². The molecule has 1 heterocycles. The standard InChI is InChI=1S/C11H11ClFNO3/c12-9-2-6(13)1-7(8(9)3-15)10-4-17-5-11(16)14-10/h1-2,10,15H,3-5H2,(H,14,16)/t10-/m0/s1. The topological polar surface area (TPSA) is 58.6 Å². The van der Waals surface area contributed by atoms with E-state index in [1.807, 2.05) is 0 Å². The van der Waals surface area contributed by atoms with Crippen LogP contribution >= 0.6 is 11.6 Å². The summed E-state index contributed by atoms with van der Waals surface area (Å²) in [5, 5.41) is 12.0. The average molecular weight is 260 g/mol. The Morgan fingerprint density at radius 1 is 1.59 bits per heavy atom. The SMILES string of the molecule is O=C1COC[C@@H](c2cc(F)cc(Cl)c2CO)N1. The summed E-state index contributed by atoms with van der Waals surface area (Å²) in [4.78, 5) is 11.2. The van der Waals surface area contributed by atoms with E-state index in [0.29, 0.717) is 11.1 Å². The van der Waals surface area contributed by atoms with Gasteiger partial charge in [-0.15, -0.1) is 0 Å². The summed E-state index contributed by atoms with van der Waals surface area (Å²) in [5.74, 6) is -0.785. The molecule has 1 aromatic rings. The summed E-state index contributed by atoms with van der Waals surface area (Å²) in [7, 11) is 0. The molecule has 1 fully saturated rings. The fourth-order valence-corrected chi connectivity index (χ4v) is 2.09. The lowest BCUT2D eigenvalue weighted by Gasteiger charge is -2.25. The molecule has 0 aromatic heterocycles. The molecule has 1 aromatic carbocycles. The molecule has 1 amide bonds. The second kappa shape index (κ2) is 5.00. The Hall–Kier alpha value is -1.17. The zero-order chi connectivity index (χ0) is 12.4. The van der Waals surface area contributed by atoms with Crippen LogP contribution in [0.3, 0.4) is 0 Å². The molecule has 1 saturated heterocycles. The van der Waals surface area contributed by atoms with E-state index in [4.69, 9.17) is 16.3 Å². The number of halogens is 2. The maximum Gasteiger partial charge on any atom is 0.246 e. The number of rotatable bonds is 2. The van der Waals surface area contributed by atoms with Crippen molar-refractivity contribution in [2.75, 3.05) is 13.2 Å². The van der Waals surface area contributed by atoms with E-state index in [2.05, 4.69) is 5.32 Å². The average Bonchev–Trinajstić information content (AvgIpc) is 2.28. The number of aliphatic hydroxyl groups is 1. The fourth-order valence-electron chi connectivity index (χ4n) is 1.82. The van der Waals surface area contributed by atoms with Crippen LogP contribution in [0.2, 0.25) is 5.02 Å². The number of hydrogen-bond donors (Lipinski definition) is 2. The fraction of sp³-hybridized carbons (Fsp3) is 0.364. The molecular weight excluding hydrogens is 249 g/mol. The summed E-state index contributed by atoms with van der Waals surface area (Å²) in [5.41, 5.74) is 0.856. The third kappa shape index (κ3) is 2.57. The van der Waals surface area contributed by atoms with Crippen molar-refractivity contribution in [2.45, 2.75) is 12.6 Å². The molecule has 0 unspecified atom stereocenters. The quantitative estimate of drug-likeness (QED) is 0.838. The van der Waals surface area contributed by atoms with Gasteiger partial charge in [0.05, 0.1) is 19.3 Å². The molecule has 1 aliphatic heterocycles. The lowest BCUT2D eigenvalue weighted by molar-refractivity contribution is -0.131. The van der Waals surface area contributed by atoms with Crippen molar-refractivity contribution in [1.29, 1.82) is 0 Å². The molecule has 17 heavy (non-hydrogen) atoms. The maximum absolute atomic E-state index is 13.3. The molecule has 1 aliphatic rings. The van der Waals surface area contributed by atoms with Crippen LogP contribution in [0.15, 0.2) is 12.1 Å². The van der Waals surface area contributed by atoms with Crippen molar-refractivity contribution >= 4 is 17.5 Å². The first-order valence-corrected chi connectivity index (χ1v) is 5.45. The number of ether oxygens (including phenoxy) is 1. The minimum Gasteiger partial charge on any atom is -0.392 e. The number of carbonyl (C=O) groups excluding carboxylic acids is 1. The second-order valence-electron chi connectivity index (χ2n) is 3.75. The molecule has 4 nitrogen and oxygen atoms in total. The van der Waals surface area contributed by atoms with Crippen molar-refractivity contribution in [3.63, 3.8) is 0 Å². The largest absolute Gasteiger partial charge is 0.392 e. The monoisotopic (exact) mass is 259 g/mol. The number of nitrogens with one attached hydrogen (secondary N) is 1. The minimum atomic E-state index is -0.512. The van der Waals surface area contributed by atoms with Crippen molar-refractivity contribution in [2.24, 2.45) is 0 Å². The number of hydrogen-bond acceptors (Lipinski definition) is 3. The van der Waals surface area contributed by atoms with Gasteiger partial charge < -0.3 is 15.2 Å². The number of morpholine rings is 1. The second-order valence-corrected chi connectivity index (χ2v) is 4.16. The first-order chi connectivity index (χ1) is 8.11. The molecule has 0 saturated carbocycles. The van der Waals surface area contributed by atoms with E-state index < -0.39 is 11.9 Å². The highest BCUT2D eigenvalue weighted by Gasteiger charge is 2.24. The van der Waals surface area contributed by atoms with E-state index >= 15 is 0 Å². The highest BCUT2D eigenvalue weighted by Crippen LogP contribution is 2.28. The van der Waals surface area contributed by atoms with Crippen molar-refractivity contribution in [1.82, 2.24) is 5.32 Å². The maximum atomic E-state index is 13.3. The number of carbonyl (C=O) groups is 1. The van der Waals surface area contributed by atoms with Crippen LogP contribution in [0.1, 0.15) is 17.2 Å². The summed E-state index contributed by atoms with van der Waals surface area (Å²) < 4.78 is 18.3. The summed E-state index contributed by atoms with van der Waals surface area (Å²) >= 11 is 5.84. The van der Waals surface area contributed by atoms with E-state index in [1.165, 1.54) is 6.07 Å². The van der Waals surface area contributed by atoms with Gasteiger partial charge in [-0.1, -0.05) is 11.6 Å². The Morgan fingerprint density at radius 2 is 2.35 bits per heavy atom. The van der Waals surface area contributed by atoms with Crippen LogP contribution in [-0.4, -0.2) is 24.2 Å². The van der Waals surface area contributed by atoms with Gasteiger partial charge in [0, 0.05) is 10.6 Å².